The summed E-state index contributed by atoms with van der Waals surface area (Å²) >= 11 is 7.25. The number of carbonyl (C=O) groups excluding carboxylic acids is 1. The fraction of sp³-hybridized carbons (Fsp3) is 0.235. The molecular weight excluding hydrogens is 360 g/mol. The summed E-state index contributed by atoms with van der Waals surface area (Å²) < 4.78 is 1.58. The van der Waals surface area contributed by atoms with Crippen molar-refractivity contribution >= 4 is 39.5 Å². The summed E-state index contributed by atoms with van der Waals surface area (Å²) in [5.41, 5.74) is 2.11. The van der Waals surface area contributed by atoms with Gasteiger partial charge in [-0.25, -0.2) is 4.98 Å². The van der Waals surface area contributed by atoms with Gasteiger partial charge in [-0.3, -0.25) is 18.9 Å². The number of fused-ring (bicyclic) bond motifs is 1. The molecule has 1 N–H and O–H groups in total. The number of hydrogen-bond acceptors (Lipinski definition) is 5. The van der Waals surface area contributed by atoms with Crippen molar-refractivity contribution in [3.63, 3.8) is 0 Å². The Morgan fingerprint density at radius 2 is 2.08 bits per heavy atom. The lowest BCUT2D eigenvalue weighted by Crippen LogP contribution is -2.30. The van der Waals surface area contributed by atoms with Gasteiger partial charge in [-0.2, -0.15) is 0 Å². The molecule has 0 unspecified atom stereocenters. The molecule has 130 valence electrons. The summed E-state index contributed by atoms with van der Waals surface area (Å²) in [5.74, 6) is -0.144. The molecule has 0 saturated carbocycles. The molecule has 0 aliphatic rings. The van der Waals surface area contributed by atoms with Crippen molar-refractivity contribution in [1.82, 2.24) is 14.3 Å². The third kappa shape index (κ3) is 4.25. The number of nitrogens with one attached hydrogen (secondary N) is 1. The molecule has 0 aliphatic carbocycles. The molecule has 3 aromatic rings. The number of aromatic nitrogens is 2. The second kappa shape index (κ2) is 7.35. The van der Waals surface area contributed by atoms with Crippen molar-refractivity contribution in [3.8, 4) is 0 Å². The fourth-order valence-corrected chi connectivity index (χ4v) is 3.51. The highest BCUT2D eigenvalue weighted by molar-refractivity contribution is 7.15. The van der Waals surface area contributed by atoms with Crippen LogP contribution in [0.2, 0.25) is 5.02 Å². The number of anilines is 1. The normalized spacial score (nSPS) is 11.2. The Hall–Kier alpha value is -2.22. The van der Waals surface area contributed by atoms with Crippen LogP contribution in [0.3, 0.4) is 0 Å². The third-order valence-electron chi connectivity index (χ3n) is 3.60. The molecular formula is C17H17ClN4O2S. The maximum absolute atomic E-state index is 12.2. The van der Waals surface area contributed by atoms with E-state index in [1.165, 1.54) is 17.4 Å². The first-order chi connectivity index (χ1) is 11.9. The Balaban J connectivity index is 1.64. The van der Waals surface area contributed by atoms with Gasteiger partial charge < -0.3 is 5.32 Å². The van der Waals surface area contributed by atoms with Crippen LogP contribution in [-0.2, 0) is 11.3 Å². The van der Waals surface area contributed by atoms with Gasteiger partial charge in [0.2, 0.25) is 5.91 Å². The zero-order chi connectivity index (χ0) is 18.0. The second-order valence-corrected chi connectivity index (χ2v) is 7.08. The standard InChI is InChI=1S/C17H17ClN4O2S/c1-11-10-25-17-20-14(7-16(24)22(11)17)8-21(2)9-15(23)19-13-5-3-12(18)4-6-13/h3-7,10H,8-9H2,1-2H3,(H,19,23). The van der Waals surface area contributed by atoms with Crippen LogP contribution >= 0.6 is 22.9 Å². The lowest BCUT2D eigenvalue weighted by molar-refractivity contribution is -0.117. The molecule has 0 radical (unpaired) electrons. The van der Waals surface area contributed by atoms with Gasteiger partial charge in [0.05, 0.1) is 12.2 Å². The number of thiazole rings is 1. The number of amides is 1. The van der Waals surface area contributed by atoms with Crippen molar-refractivity contribution in [1.29, 1.82) is 0 Å². The van der Waals surface area contributed by atoms with Crippen LogP contribution in [0.5, 0.6) is 0 Å². The number of rotatable bonds is 5. The van der Waals surface area contributed by atoms with Crippen LogP contribution in [0.1, 0.15) is 11.4 Å². The van der Waals surface area contributed by atoms with Gasteiger partial charge in [0.1, 0.15) is 0 Å². The van der Waals surface area contributed by atoms with Gasteiger partial charge in [-0.15, -0.1) is 11.3 Å². The molecule has 2 heterocycles. The minimum Gasteiger partial charge on any atom is -0.325 e. The molecule has 2 aromatic heterocycles. The second-order valence-electron chi connectivity index (χ2n) is 5.81. The summed E-state index contributed by atoms with van der Waals surface area (Å²) in [6.45, 7) is 2.48. The highest BCUT2D eigenvalue weighted by Crippen LogP contribution is 2.14. The third-order valence-corrected chi connectivity index (χ3v) is 4.80. The molecule has 6 nitrogen and oxygen atoms in total. The van der Waals surface area contributed by atoms with Gasteiger partial charge in [-0.05, 0) is 38.2 Å². The summed E-state index contributed by atoms with van der Waals surface area (Å²) in [5, 5.41) is 5.32. The van der Waals surface area contributed by atoms with E-state index in [1.54, 1.807) is 28.7 Å². The lowest BCUT2D eigenvalue weighted by Gasteiger charge is -2.16. The van der Waals surface area contributed by atoms with E-state index in [0.717, 1.165) is 5.69 Å². The molecule has 0 atom stereocenters. The molecule has 0 aliphatic heterocycles. The van der Waals surface area contributed by atoms with Gasteiger partial charge in [0.15, 0.2) is 4.96 Å². The molecule has 3 rings (SSSR count). The number of likely N-dealkylation sites (N-methyl/N-ethyl adjacent to an activating group) is 1. The maximum atomic E-state index is 12.2. The number of carbonyl (C=O) groups is 1. The van der Waals surface area contributed by atoms with E-state index in [9.17, 15) is 9.59 Å². The molecule has 1 aromatic carbocycles. The van der Waals surface area contributed by atoms with Gasteiger partial charge >= 0.3 is 0 Å². The minimum absolute atomic E-state index is 0.0993. The van der Waals surface area contributed by atoms with Crippen molar-refractivity contribution in [2.75, 3.05) is 18.9 Å². The molecule has 0 spiro atoms. The van der Waals surface area contributed by atoms with Gasteiger partial charge in [-0.1, -0.05) is 11.6 Å². The minimum atomic E-state index is -0.144. The predicted octanol–water partition coefficient (Wildman–Crippen LogP) is 2.79. The van der Waals surface area contributed by atoms with Crippen LogP contribution in [-0.4, -0.2) is 33.8 Å². The number of benzene rings is 1. The lowest BCUT2D eigenvalue weighted by atomic mass is 10.3. The fourth-order valence-electron chi connectivity index (χ4n) is 2.49. The topological polar surface area (TPSA) is 66.7 Å². The molecule has 1 amide bonds. The highest BCUT2D eigenvalue weighted by atomic mass is 35.5. The Morgan fingerprint density at radius 1 is 1.36 bits per heavy atom. The van der Waals surface area contributed by atoms with E-state index in [0.29, 0.717) is 27.9 Å². The molecule has 8 heteroatoms. The van der Waals surface area contributed by atoms with E-state index in [1.807, 2.05) is 24.3 Å². The van der Waals surface area contributed by atoms with Crippen molar-refractivity contribution in [2.45, 2.75) is 13.5 Å². The Kier molecular flexibility index (Phi) is 5.17. The monoisotopic (exact) mass is 376 g/mol. The smallest absolute Gasteiger partial charge is 0.259 e. The molecule has 0 fully saturated rings. The van der Waals surface area contributed by atoms with Gasteiger partial charge in [0.25, 0.3) is 5.56 Å². The predicted molar refractivity (Wildman–Crippen MR) is 100 cm³/mol. The summed E-state index contributed by atoms with van der Waals surface area (Å²) in [6.07, 6.45) is 0. The first-order valence-corrected chi connectivity index (χ1v) is 8.89. The summed E-state index contributed by atoms with van der Waals surface area (Å²) in [6, 6.07) is 8.44. The zero-order valence-corrected chi connectivity index (χ0v) is 15.4. The quantitative estimate of drug-likeness (QED) is 0.743. The van der Waals surface area contributed by atoms with Crippen LogP contribution in [0, 0.1) is 6.92 Å². The van der Waals surface area contributed by atoms with E-state index >= 15 is 0 Å². The Morgan fingerprint density at radius 3 is 2.80 bits per heavy atom. The zero-order valence-electron chi connectivity index (χ0n) is 13.8. The van der Waals surface area contributed by atoms with E-state index in [-0.39, 0.29) is 18.0 Å². The van der Waals surface area contributed by atoms with Crippen molar-refractivity contribution in [2.24, 2.45) is 0 Å². The molecule has 0 bridgehead atoms. The Labute approximate surface area is 153 Å². The highest BCUT2D eigenvalue weighted by Gasteiger charge is 2.11. The van der Waals surface area contributed by atoms with Crippen LogP contribution in [0.25, 0.3) is 4.96 Å². The van der Waals surface area contributed by atoms with Crippen molar-refractivity contribution < 1.29 is 4.79 Å². The van der Waals surface area contributed by atoms with Gasteiger partial charge in [0, 0.05) is 34.4 Å². The first-order valence-electron chi connectivity index (χ1n) is 7.63. The van der Waals surface area contributed by atoms with Crippen LogP contribution in [0.15, 0.2) is 40.5 Å². The number of nitrogens with zero attached hydrogens (tertiary/aromatic N) is 3. The van der Waals surface area contributed by atoms with Crippen LogP contribution in [0.4, 0.5) is 5.69 Å². The summed E-state index contributed by atoms with van der Waals surface area (Å²) in [4.78, 5) is 31.3. The van der Waals surface area contributed by atoms with E-state index in [4.69, 9.17) is 11.6 Å². The number of halogens is 1. The largest absolute Gasteiger partial charge is 0.325 e. The summed E-state index contributed by atoms with van der Waals surface area (Å²) in [7, 11) is 1.81. The average molecular weight is 377 g/mol. The maximum Gasteiger partial charge on any atom is 0.259 e. The first kappa shape index (κ1) is 17.6. The van der Waals surface area contributed by atoms with E-state index < -0.39 is 0 Å². The van der Waals surface area contributed by atoms with Crippen molar-refractivity contribution in [3.05, 3.63) is 62.5 Å². The average Bonchev–Trinajstić information content (AvgIpc) is 2.91. The molecule has 0 saturated heterocycles. The number of aryl methyl sites for hydroxylation is 1. The number of hydrogen-bond donors (Lipinski definition) is 1. The van der Waals surface area contributed by atoms with E-state index in [2.05, 4.69) is 10.3 Å². The SMILES string of the molecule is Cc1csc2nc(CN(C)CC(=O)Nc3ccc(Cl)cc3)cc(=O)n12. The molecule has 25 heavy (non-hydrogen) atoms. The Bertz CT molecular complexity index is 965. The van der Waals surface area contributed by atoms with Crippen LogP contribution < -0.4 is 10.9 Å².